The Kier molecular flexibility index (Phi) is 5.72. The number of nitrogens with zero attached hydrogens (tertiary/aromatic N) is 2. The Bertz CT molecular complexity index is 902. The molecule has 8 nitrogen and oxygen atoms in total. The second kappa shape index (κ2) is 8.06. The summed E-state index contributed by atoms with van der Waals surface area (Å²) in [5.41, 5.74) is 8.42. The average molecular weight is 396 g/mol. The largest absolute Gasteiger partial charge is 0.428 e. The van der Waals surface area contributed by atoms with E-state index in [0.29, 0.717) is 24.2 Å². The molecule has 0 aliphatic carbocycles. The molecular formula is C21H28N6O2. The minimum Gasteiger partial charge on any atom is -0.428 e. The Morgan fingerprint density at radius 2 is 2.21 bits per heavy atom. The standard InChI is InChI=1S/C21H28N6O2/c1-13-6-7-15(11-17(13)18(23)8-10-25-3)26-20(28)27-16-5-4-9-21(27,12-16)19(24)29-14(2)22/h6-8,10-11,16,22,24H,4-5,9,12,23H2,1-3H3,(H,26,28)/b18-8-,22-14?,24-19?,25-10?. The first-order chi connectivity index (χ1) is 13.8. The summed E-state index contributed by atoms with van der Waals surface area (Å²) < 4.78 is 5.27. The molecule has 2 amide bonds. The molecule has 154 valence electrons. The Morgan fingerprint density at radius 3 is 2.86 bits per heavy atom. The third-order valence-electron chi connectivity index (χ3n) is 5.63. The molecule has 1 aromatic carbocycles. The van der Waals surface area contributed by atoms with Gasteiger partial charge >= 0.3 is 6.03 Å². The number of urea groups is 1. The number of carbonyl (C=O) groups excluding carboxylic acids is 1. The van der Waals surface area contributed by atoms with Crippen LogP contribution in [0.2, 0.25) is 0 Å². The van der Waals surface area contributed by atoms with Crippen molar-refractivity contribution in [1.82, 2.24) is 4.90 Å². The number of aliphatic imine (C=N–C) groups is 1. The minimum absolute atomic E-state index is 0.0216. The molecular weight excluding hydrogens is 368 g/mol. The molecule has 2 fully saturated rings. The first-order valence-electron chi connectivity index (χ1n) is 9.70. The fraction of sp³-hybridized carbons (Fsp3) is 0.429. The van der Waals surface area contributed by atoms with Gasteiger partial charge in [-0.25, -0.2) is 4.79 Å². The van der Waals surface area contributed by atoms with E-state index >= 15 is 0 Å². The third-order valence-corrected chi connectivity index (χ3v) is 5.63. The van der Waals surface area contributed by atoms with Crippen molar-refractivity contribution in [3.05, 3.63) is 35.4 Å². The van der Waals surface area contributed by atoms with E-state index in [9.17, 15) is 4.79 Å². The summed E-state index contributed by atoms with van der Waals surface area (Å²) in [7, 11) is 1.67. The highest BCUT2D eigenvalue weighted by Crippen LogP contribution is 2.48. The summed E-state index contributed by atoms with van der Waals surface area (Å²) in [6, 6.07) is 5.42. The second-order valence-corrected chi connectivity index (χ2v) is 7.63. The lowest BCUT2D eigenvalue weighted by Gasteiger charge is -2.60. The molecule has 5 N–H and O–H groups in total. The zero-order chi connectivity index (χ0) is 21.2. The molecule has 2 bridgehead atoms. The lowest BCUT2D eigenvalue weighted by molar-refractivity contribution is -0.0329. The SMILES string of the molecule is CN=C/C=C(\N)c1cc(NC(=O)N2C3CCCC2(C(=N)OC(C)=N)C3)ccc1C. The normalized spacial score (nSPS) is 23.5. The smallest absolute Gasteiger partial charge is 0.322 e. The number of benzene rings is 1. The number of nitrogens with one attached hydrogen (secondary N) is 3. The number of anilines is 1. The molecule has 0 spiro atoms. The van der Waals surface area contributed by atoms with Crippen LogP contribution in [0.5, 0.6) is 0 Å². The van der Waals surface area contributed by atoms with Crippen LogP contribution >= 0.6 is 0 Å². The Balaban J connectivity index is 1.81. The predicted octanol–water partition coefficient (Wildman–Crippen LogP) is 3.52. The van der Waals surface area contributed by atoms with Crippen LogP contribution in [-0.4, -0.2) is 47.6 Å². The molecule has 3 rings (SSSR count). The Hall–Kier alpha value is -3.16. The lowest BCUT2D eigenvalue weighted by atomic mass is 9.68. The zero-order valence-electron chi connectivity index (χ0n) is 17.1. The van der Waals surface area contributed by atoms with Crippen molar-refractivity contribution in [3.8, 4) is 0 Å². The highest BCUT2D eigenvalue weighted by Gasteiger charge is 2.60. The summed E-state index contributed by atoms with van der Waals surface area (Å²) in [6.07, 6.45) is 6.58. The first kappa shape index (κ1) is 20.6. The quantitative estimate of drug-likeness (QED) is 0.459. The first-order valence-corrected chi connectivity index (χ1v) is 9.70. The van der Waals surface area contributed by atoms with Crippen molar-refractivity contribution in [2.75, 3.05) is 12.4 Å². The number of amides is 2. The number of rotatable bonds is 4. The van der Waals surface area contributed by atoms with E-state index in [1.807, 2.05) is 25.1 Å². The molecule has 2 aliphatic rings. The molecule has 29 heavy (non-hydrogen) atoms. The van der Waals surface area contributed by atoms with E-state index in [4.69, 9.17) is 21.3 Å². The maximum atomic E-state index is 13.1. The van der Waals surface area contributed by atoms with Gasteiger partial charge in [0.15, 0.2) is 5.90 Å². The number of allylic oxidation sites excluding steroid dienone is 1. The summed E-state index contributed by atoms with van der Waals surface area (Å²) in [5.74, 6) is -0.0634. The van der Waals surface area contributed by atoms with E-state index in [0.717, 1.165) is 24.0 Å². The predicted molar refractivity (Wildman–Crippen MR) is 116 cm³/mol. The number of hydrogen-bond acceptors (Lipinski definition) is 6. The van der Waals surface area contributed by atoms with E-state index in [2.05, 4.69) is 10.3 Å². The van der Waals surface area contributed by atoms with Gasteiger partial charge in [-0.1, -0.05) is 6.07 Å². The topological polar surface area (TPSA) is 128 Å². The van der Waals surface area contributed by atoms with Crippen molar-refractivity contribution < 1.29 is 9.53 Å². The summed E-state index contributed by atoms with van der Waals surface area (Å²) in [6.45, 7) is 3.45. The van der Waals surface area contributed by atoms with E-state index < -0.39 is 5.54 Å². The van der Waals surface area contributed by atoms with Gasteiger partial charge in [0.25, 0.3) is 0 Å². The van der Waals surface area contributed by atoms with Gasteiger partial charge in [-0.15, -0.1) is 0 Å². The number of nitrogens with two attached hydrogens (primary N) is 1. The van der Waals surface area contributed by atoms with Gasteiger partial charge in [-0.3, -0.25) is 15.8 Å². The van der Waals surface area contributed by atoms with Gasteiger partial charge in [0, 0.05) is 49.6 Å². The number of fused-ring (bicyclic) bond motifs is 2. The highest BCUT2D eigenvalue weighted by molar-refractivity contribution is 6.00. The molecule has 2 saturated heterocycles. The molecule has 0 saturated carbocycles. The molecule has 2 heterocycles. The average Bonchev–Trinajstić information content (AvgIpc) is 2.67. The molecule has 2 aliphatic heterocycles. The third kappa shape index (κ3) is 3.87. The van der Waals surface area contributed by atoms with Gasteiger partial charge in [0.1, 0.15) is 5.54 Å². The summed E-state index contributed by atoms with van der Waals surface area (Å²) >= 11 is 0. The van der Waals surface area contributed by atoms with Crippen LogP contribution < -0.4 is 11.1 Å². The van der Waals surface area contributed by atoms with Crippen molar-refractivity contribution in [2.24, 2.45) is 10.7 Å². The van der Waals surface area contributed by atoms with Crippen molar-refractivity contribution in [1.29, 1.82) is 10.8 Å². The van der Waals surface area contributed by atoms with E-state index in [-0.39, 0.29) is 23.9 Å². The zero-order valence-corrected chi connectivity index (χ0v) is 17.1. The van der Waals surface area contributed by atoms with Crippen LogP contribution in [0.15, 0.2) is 29.3 Å². The van der Waals surface area contributed by atoms with Crippen LogP contribution in [0.4, 0.5) is 10.5 Å². The van der Waals surface area contributed by atoms with Crippen molar-refractivity contribution >= 4 is 35.4 Å². The number of aryl methyl sites for hydroxylation is 1. The molecule has 0 radical (unpaired) electrons. The number of ether oxygens (including phenoxy) is 1. The fourth-order valence-corrected chi connectivity index (χ4v) is 4.26. The monoisotopic (exact) mass is 396 g/mol. The van der Waals surface area contributed by atoms with Crippen LogP contribution in [0.1, 0.15) is 43.7 Å². The number of piperidine rings is 1. The Labute approximate surface area is 170 Å². The highest BCUT2D eigenvalue weighted by atomic mass is 16.5. The van der Waals surface area contributed by atoms with Crippen molar-refractivity contribution in [3.63, 3.8) is 0 Å². The van der Waals surface area contributed by atoms with Gasteiger partial charge in [-0.05, 0) is 50.0 Å². The summed E-state index contributed by atoms with van der Waals surface area (Å²) in [5, 5.41) is 18.8. The molecule has 0 aromatic heterocycles. The van der Waals surface area contributed by atoms with Gasteiger partial charge in [-0.2, -0.15) is 0 Å². The fourth-order valence-electron chi connectivity index (χ4n) is 4.26. The lowest BCUT2D eigenvalue weighted by Crippen LogP contribution is -2.74. The molecule has 8 heteroatoms. The van der Waals surface area contributed by atoms with Crippen LogP contribution in [0.3, 0.4) is 0 Å². The maximum absolute atomic E-state index is 13.1. The molecule has 2 atom stereocenters. The van der Waals surface area contributed by atoms with E-state index in [1.54, 1.807) is 24.2 Å². The second-order valence-electron chi connectivity index (χ2n) is 7.63. The maximum Gasteiger partial charge on any atom is 0.322 e. The Morgan fingerprint density at radius 1 is 1.45 bits per heavy atom. The van der Waals surface area contributed by atoms with Crippen LogP contribution in [0.25, 0.3) is 5.70 Å². The van der Waals surface area contributed by atoms with Gasteiger partial charge in [0.2, 0.25) is 5.90 Å². The molecule has 1 aromatic rings. The summed E-state index contributed by atoms with van der Waals surface area (Å²) in [4.78, 5) is 18.7. The van der Waals surface area contributed by atoms with Gasteiger partial charge in [0.05, 0.1) is 0 Å². The number of hydrogen-bond donors (Lipinski definition) is 4. The minimum atomic E-state index is -0.751. The van der Waals surface area contributed by atoms with E-state index in [1.165, 1.54) is 6.92 Å². The van der Waals surface area contributed by atoms with Crippen LogP contribution in [-0.2, 0) is 4.74 Å². The van der Waals surface area contributed by atoms with Crippen LogP contribution in [0, 0.1) is 17.7 Å². The van der Waals surface area contributed by atoms with Gasteiger partial charge < -0.3 is 20.7 Å². The van der Waals surface area contributed by atoms with Crippen molar-refractivity contribution in [2.45, 2.75) is 51.1 Å². The number of carbonyl (C=O) groups is 1. The molecule has 2 unspecified atom stereocenters.